The van der Waals surface area contributed by atoms with Crippen LogP contribution >= 0.6 is 0 Å². The lowest BCUT2D eigenvalue weighted by Gasteiger charge is -2.18. The van der Waals surface area contributed by atoms with Crippen molar-refractivity contribution in [3.05, 3.63) is 0 Å². The zero-order valence-electron chi connectivity index (χ0n) is 10.1. The molecule has 0 saturated heterocycles. The molecule has 0 aliphatic carbocycles. The normalized spacial score (nSPS) is 10.6. The van der Waals surface area contributed by atoms with E-state index in [1.807, 2.05) is 13.8 Å². The van der Waals surface area contributed by atoms with Crippen LogP contribution in [0.15, 0.2) is 0 Å². The summed E-state index contributed by atoms with van der Waals surface area (Å²) in [5, 5.41) is 11.2. The number of nitrogens with zero attached hydrogens (tertiary/aromatic N) is 1. The van der Waals surface area contributed by atoms with Gasteiger partial charge in [0.1, 0.15) is 0 Å². The molecule has 0 heterocycles. The third kappa shape index (κ3) is 9.31. The fourth-order valence-electron chi connectivity index (χ4n) is 1.16. The average Bonchev–Trinajstić information content (AvgIpc) is 2.12. The van der Waals surface area contributed by atoms with Gasteiger partial charge in [0.05, 0.1) is 19.6 Å². The molecule has 0 aliphatic heterocycles. The van der Waals surface area contributed by atoms with Gasteiger partial charge < -0.3 is 16.2 Å². The molecule has 4 N–H and O–H groups in total. The highest BCUT2D eigenvalue weighted by molar-refractivity contribution is 5.81. The summed E-state index contributed by atoms with van der Waals surface area (Å²) in [6.07, 6.45) is 0. The van der Waals surface area contributed by atoms with Gasteiger partial charge in [-0.05, 0) is 5.92 Å². The molecule has 0 spiro atoms. The molecule has 0 aliphatic rings. The molecule has 0 saturated carbocycles. The second-order valence-corrected chi connectivity index (χ2v) is 4.20. The molecule has 17 heavy (non-hydrogen) atoms. The van der Waals surface area contributed by atoms with Crippen LogP contribution in [0.5, 0.6) is 0 Å². The summed E-state index contributed by atoms with van der Waals surface area (Å²) in [5.74, 6) is -1.78. The number of hydrogen-bond donors (Lipinski definition) is 3. The molecule has 0 atom stereocenters. The maximum absolute atomic E-state index is 11.4. The first-order valence-corrected chi connectivity index (χ1v) is 5.30. The van der Waals surface area contributed by atoms with Crippen LogP contribution in [0.2, 0.25) is 0 Å². The van der Waals surface area contributed by atoms with Gasteiger partial charge in [-0.2, -0.15) is 0 Å². The van der Waals surface area contributed by atoms with E-state index in [1.165, 1.54) is 4.90 Å². The monoisotopic (exact) mass is 245 g/mol. The van der Waals surface area contributed by atoms with Crippen molar-refractivity contribution in [1.82, 2.24) is 10.2 Å². The average molecular weight is 245 g/mol. The number of carboxylic acid groups (broad SMARTS) is 1. The lowest BCUT2D eigenvalue weighted by Crippen LogP contribution is -2.44. The summed E-state index contributed by atoms with van der Waals surface area (Å²) >= 11 is 0. The van der Waals surface area contributed by atoms with E-state index in [0.29, 0.717) is 12.5 Å². The Morgan fingerprint density at radius 1 is 1.24 bits per heavy atom. The van der Waals surface area contributed by atoms with Gasteiger partial charge in [-0.25, -0.2) is 0 Å². The molecule has 0 aromatic carbocycles. The first-order chi connectivity index (χ1) is 7.81. The number of hydrogen-bond acceptors (Lipinski definition) is 4. The van der Waals surface area contributed by atoms with Crippen LogP contribution in [-0.2, 0) is 14.4 Å². The van der Waals surface area contributed by atoms with Crippen LogP contribution in [0.3, 0.4) is 0 Å². The molecule has 0 aromatic rings. The minimum absolute atomic E-state index is 0.151. The van der Waals surface area contributed by atoms with E-state index < -0.39 is 18.4 Å². The Hall–Kier alpha value is -1.63. The Balaban J connectivity index is 4.17. The van der Waals surface area contributed by atoms with Gasteiger partial charge in [0, 0.05) is 6.54 Å². The fraction of sp³-hybridized carbons (Fsp3) is 0.700. The standard InChI is InChI=1S/C10H19N3O4/c1-7(2)3-12-9(15)5-13(4-8(11)14)6-10(16)17/h7H,3-6H2,1-2H3,(H2,11,14)(H,12,15)(H,16,17). The van der Waals surface area contributed by atoms with Gasteiger partial charge in [0.2, 0.25) is 11.8 Å². The summed E-state index contributed by atoms with van der Waals surface area (Å²) in [6, 6.07) is 0. The summed E-state index contributed by atoms with van der Waals surface area (Å²) in [4.78, 5) is 33.8. The van der Waals surface area contributed by atoms with E-state index in [1.54, 1.807) is 0 Å². The molecule has 0 unspecified atom stereocenters. The Morgan fingerprint density at radius 3 is 2.24 bits per heavy atom. The highest BCUT2D eigenvalue weighted by atomic mass is 16.4. The van der Waals surface area contributed by atoms with Crippen molar-refractivity contribution in [2.75, 3.05) is 26.2 Å². The highest BCUT2D eigenvalue weighted by Crippen LogP contribution is 1.90. The third-order valence-electron chi connectivity index (χ3n) is 1.81. The number of primary amides is 1. The smallest absolute Gasteiger partial charge is 0.317 e. The Labute approximate surface area is 100.0 Å². The topological polar surface area (TPSA) is 113 Å². The number of aliphatic carboxylic acids is 1. The first kappa shape index (κ1) is 15.4. The van der Waals surface area contributed by atoms with Crippen molar-refractivity contribution >= 4 is 17.8 Å². The number of carbonyl (C=O) groups is 3. The molecule has 2 amide bonds. The number of carboxylic acids is 1. The lowest BCUT2D eigenvalue weighted by molar-refractivity contribution is -0.139. The van der Waals surface area contributed by atoms with Crippen molar-refractivity contribution < 1.29 is 19.5 Å². The maximum Gasteiger partial charge on any atom is 0.317 e. The van der Waals surface area contributed by atoms with Crippen LogP contribution in [0, 0.1) is 5.92 Å². The highest BCUT2D eigenvalue weighted by Gasteiger charge is 2.15. The van der Waals surface area contributed by atoms with E-state index in [0.717, 1.165) is 0 Å². The lowest BCUT2D eigenvalue weighted by atomic mass is 10.2. The second kappa shape index (κ2) is 7.61. The number of nitrogens with two attached hydrogens (primary N) is 1. The number of carbonyl (C=O) groups excluding carboxylic acids is 2. The Bertz CT molecular complexity index is 275. The molecule has 7 nitrogen and oxygen atoms in total. The van der Waals surface area contributed by atoms with Crippen molar-refractivity contribution in [3.8, 4) is 0 Å². The molecule has 0 rings (SSSR count). The van der Waals surface area contributed by atoms with Gasteiger partial charge in [-0.1, -0.05) is 13.8 Å². The van der Waals surface area contributed by atoms with Crippen LogP contribution in [0.1, 0.15) is 13.8 Å². The second-order valence-electron chi connectivity index (χ2n) is 4.20. The molecule has 0 bridgehead atoms. The van der Waals surface area contributed by atoms with Crippen molar-refractivity contribution in [2.24, 2.45) is 11.7 Å². The zero-order valence-corrected chi connectivity index (χ0v) is 10.1. The van der Waals surface area contributed by atoms with Crippen molar-refractivity contribution in [2.45, 2.75) is 13.8 Å². The largest absolute Gasteiger partial charge is 0.480 e. The summed E-state index contributed by atoms with van der Waals surface area (Å²) < 4.78 is 0. The molecule has 0 fully saturated rings. The van der Waals surface area contributed by atoms with E-state index in [-0.39, 0.29) is 19.0 Å². The number of nitrogens with one attached hydrogen (secondary N) is 1. The SMILES string of the molecule is CC(C)CNC(=O)CN(CC(N)=O)CC(=O)O. The maximum atomic E-state index is 11.4. The summed E-state index contributed by atoms with van der Waals surface area (Å²) in [7, 11) is 0. The molecular formula is C10H19N3O4. The van der Waals surface area contributed by atoms with E-state index in [9.17, 15) is 14.4 Å². The molecule has 98 valence electrons. The third-order valence-corrected chi connectivity index (χ3v) is 1.81. The molecule has 0 radical (unpaired) electrons. The van der Waals surface area contributed by atoms with Gasteiger partial charge in [-0.15, -0.1) is 0 Å². The van der Waals surface area contributed by atoms with Gasteiger partial charge in [0.15, 0.2) is 0 Å². The number of rotatable bonds is 8. The van der Waals surface area contributed by atoms with E-state index in [2.05, 4.69) is 5.32 Å². The summed E-state index contributed by atoms with van der Waals surface area (Å²) in [6.45, 7) is 3.61. The molecular weight excluding hydrogens is 226 g/mol. The number of amides is 2. The zero-order chi connectivity index (χ0) is 13.4. The molecule has 7 heteroatoms. The van der Waals surface area contributed by atoms with Gasteiger partial charge in [-0.3, -0.25) is 19.3 Å². The van der Waals surface area contributed by atoms with Crippen LogP contribution in [0.4, 0.5) is 0 Å². The van der Waals surface area contributed by atoms with Gasteiger partial charge in [0.25, 0.3) is 0 Å². The summed E-state index contributed by atoms with van der Waals surface area (Å²) in [5.41, 5.74) is 4.96. The van der Waals surface area contributed by atoms with Crippen molar-refractivity contribution in [3.63, 3.8) is 0 Å². The predicted octanol–water partition coefficient (Wildman–Crippen LogP) is -1.37. The van der Waals surface area contributed by atoms with E-state index >= 15 is 0 Å². The minimum atomic E-state index is -1.11. The van der Waals surface area contributed by atoms with Crippen LogP contribution in [-0.4, -0.2) is 54.0 Å². The fourth-order valence-corrected chi connectivity index (χ4v) is 1.16. The minimum Gasteiger partial charge on any atom is -0.480 e. The Kier molecular flexibility index (Phi) is 6.88. The molecule has 0 aromatic heterocycles. The Morgan fingerprint density at radius 2 is 1.82 bits per heavy atom. The van der Waals surface area contributed by atoms with Crippen LogP contribution < -0.4 is 11.1 Å². The van der Waals surface area contributed by atoms with Gasteiger partial charge >= 0.3 is 5.97 Å². The van der Waals surface area contributed by atoms with Crippen LogP contribution in [0.25, 0.3) is 0 Å². The first-order valence-electron chi connectivity index (χ1n) is 5.30. The quantitative estimate of drug-likeness (QED) is 0.488. The van der Waals surface area contributed by atoms with E-state index in [4.69, 9.17) is 10.8 Å². The predicted molar refractivity (Wildman–Crippen MR) is 61.1 cm³/mol. The van der Waals surface area contributed by atoms with Crippen molar-refractivity contribution in [1.29, 1.82) is 0 Å².